The summed E-state index contributed by atoms with van der Waals surface area (Å²) < 4.78 is 6.44. The Balaban J connectivity index is 2.35. The molecule has 6 heteroatoms. The number of hydrogen-bond donors (Lipinski definition) is 1. The number of ether oxygens (including phenoxy) is 1. The van der Waals surface area contributed by atoms with Crippen molar-refractivity contribution in [2.45, 2.75) is 19.8 Å². The number of pyridine rings is 1. The molecule has 96 valence electrons. The smallest absolute Gasteiger partial charge is 0.250 e. The summed E-state index contributed by atoms with van der Waals surface area (Å²) >= 11 is 0. The van der Waals surface area contributed by atoms with Gasteiger partial charge in [0.2, 0.25) is 5.91 Å². The van der Waals surface area contributed by atoms with Gasteiger partial charge < -0.3 is 10.1 Å². The molecule has 0 aromatic carbocycles. The Labute approximate surface area is 105 Å². The van der Waals surface area contributed by atoms with Gasteiger partial charge >= 0.3 is 0 Å². The molecule has 1 amide bonds. The van der Waals surface area contributed by atoms with Crippen molar-refractivity contribution in [2.24, 2.45) is 0 Å². The Morgan fingerprint density at radius 2 is 2.33 bits per heavy atom. The summed E-state index contributed by atoms with van der Waals surface area (Å²) in [6, 6.07) is 3.61. The van der Waals surface area contributed by atoms with Crippen LogP contribution >= 0.6 is 0 Å². The Kier molecular flexibility index (Phi) is 3.57. The number of rotatable bonds is 4. The molecule has 1 N–H and O–H groups in total. The lowest BCUT2D eigenvalue weighted by molar-refractivity contribution is -0.119. The SMILES string of the molecule is COCC(=O)Nc1cccn2nc(C(C)C)nc12. The Morgan fingerprint density at radius 1 is 1.56 bits per heavy atom. The van der Waals surface area contributed by atoms with Crippen LogP contribution < -0.4 is 5.32 Å². The number of carbonyl (C=O) groups excluding carboxylic acids is 1. The standard InChI is InChI=1S/C12H16N4O2/c1-8(2)11-14-12-9(13-10(17)7-18-3)5-4-6-16(12)15-11/h4-6,8H,7H2,1-3H3,(H,13,17). The van der Waals surface area contributed by atoms with Crippen LogP contribution in [0.15, 0.2) is 18.3 Å². The highest BCUT2D eigenvalue weighted by Crippen LogP contribution is 2.17. The van der Waals surface area contributed by atoms with E-state index in [4.69, 9.17) is 4.74 Å². The largest absolute Gasteiger partial charge is 0.375 e. The molecule has 0 saturated carbocycles. The second-order valence-electron chi connectivity index (χ2n) is 4.30. The van der Waals surface area contributed by atoms with Gasteiger partial charge in [-0.05, 0) is 12.1 Å². The number of carbonyl (C=O) groups is 1. The van der Waals surface area contributed by atoms with Crippen LogP contribution in [-0.2, 0) is 9.53 Å². The molecular weight excluding hydrogens is 232 g/mol. The van der Waals surface area contributed by atoms with Crippen molar-refractivity contribution in [3.8, 4) is 0 Å². The number of aromatic nitrogens is 3. The summed E-state index contributed by atoms with van der Waals surface area (Å²) in [5, 5.41) is 7.10. The minimum Gasteiger partial charge on any atom is -0.375 e. The topological polar surface area (TPSA) is 68.5 Å². The second kappa shape index (κ2) is 5.14. The minimum atomic E-state index is -0.209. The van der Waals surface area contributed by atoms with E-state index in [1.54, 1.807) is 16.8 Å². The number of methoxy groups -OCH3 is 1. The number of nitrogens with one attached hydrogen (secondary N) is 1. The molecule has 0 aliphatic rings. The van der Waals surface area contributed by atoms with E-state index in [0.717, 1.165) is 5.82 Å². The lowest BCUT2D eigenvalue weighted by atomic mass is 10.2. The van der Waals surface area contributed by atoms with Gasteiger partial charge in [0.1, 0.15) is 6.61 Å². The zero-order chi connectivity index (χ0) is 13.1. The van der Waals surface area contributed by atoms with E-state index in [1.807, 2.05) is 19.9 Å². The van der Waals surface area contributed by atoms with E-state index < -0.39 is 0 Å². The minimum absolute atomic E-state index is 0.0201. The number of amides is 1. The van der Waals surface area contributed by atoms with Gasteiger partial charge in [0, 0.05) is 19.2 Å². The fraction of sp³-hybridized carbons (Fsp3) is 0.417. The third-order valence-electron chi connectivity index (χ3n) is 2.44. The molecule has 0 aliphatic heterocycles. The second-order valence-corrected chi connectivity index (χ2v) is 4.30. The van der Waals surface area contributed by atoms with Gasteiger partial charge in [0.05, 0.1) is 5.69 Å². The summed E-state index contributed by atoms with van der Waals surface area (Å²) in [6.07, 6.45) is 1.81. The van der Waals surface area contributed by atoms with Crippen molar-refractivity contribution in [3.63, 3.8) is 0 Å². The lowest BCUT2D eigenvalue weighted by Gasteiger charge is -2.04. The number of nitrogens with zero attached hydrogens (tertiary/aromatic N) is 3. The van der Waals surface area contributed by atoms with Crippen molar-refractivity contribution >= 4 is 17.2 Å². The average Bonchev–Trinajstić information content (AvgIpc) is 2.74. The summed E-state index contributed by atoms with van der Waals surface area (Å²) in [4.78, 5) is 15.9. The van der Waals surface area contributed by atoms with Crippen LogP contribution in [0.4, 0.5) is 5.69 Å². The maximum atomic E-state index is 11.5. The van der Waals surface area contributed by atoms with E-state index in [0.29, 0.717) is 11.3 Å². The van der Waals surface area contributed by atoms with Crippen LogP contribution in [0.2, 0.25) is 0 Å². The summed E-state index contributed by atoms with van der Waals surface area (Å²) in [7, 11) is 1.48. The zero-order valence-electron chi connectivity index (χ0n) is 10.7. The summed E-state index contributed by atoms with van der Waals surface area (Å²) in [5.74, 6) is 0.788. The first kappa shape index (κ1) is 12.5. The molecule has 0 spiro atoms. The Bertz CT molecular complexity index is 562. The Hall–Kier alpha value is -1.95. The van der Waals surface area contributed by atoms with Gasteiger partial charge in [-0.1, -0.05) is 13.8 Å². The molecule has 0 unspecified atom stereocenters. The van der Waals surface area contributed by atoms with Crippen molar-refractivity contribution in [1.82, 2.24) is 14.6 Å². The Morgan fingerprint density at radius 3 is 3.00 bits per heavy atom. The van der Waals surface area contributed by atoms with Crippen LogP contribution in [0.25, 0.3) is 5.65 Å². The van der Waals surface area contributed by atoms with Crippen LogP contribution in [0.3, 0.4) is 0 Å². The molecule has 2 heterocycles. The quantitative estimate of drug-likeness (QED) is 0.888. The zero-order valence-corrected chi connectivity index (χ0v) is 10.7. The lowest BCUT2D eigenvalue weighted by Crippen LogP contribution is -2.17. The van der Waals surface area contributed by atoms with Crippen LogP contribution in [-0.4, -0.2) is 34.2 Å². The normalized spacial score (nSPS) is 11.1. The highest BCUT2D eigenvalue weighted by atomic mass is 16.5. The molecule has 18 heavy (non-hydrogen) atoms. The highest BCUT2D eigenvalue weighted by Gasteiger charge is 2.11. The molecule has 0 atom stereocenters. The fourth-order valence-corrected chi connectivity index (χ4v) is 1.58. The number of fused-ring (bicyclic) bond motifs is 1. The summed E-state index contributed by atoms with van der Waals surface area (Å²) in [6.45, 7) is 4.07. The molecule has 0 saturated heterocycles. The molecular formula is C12H16N4O2. The van der Waals surface area contributed by atoms with Gasteiger partial charge in [-0.2, -0.15) is 5.10 Å². The average molecular weight is 248 g/mol. The maximum absolute atomic E-state index is 11.5. The van der Waals surface area contributed by atoms with Crippen LogP contribution in [0, 0.1) is 0 Å². The van der Waals surface area contributed by atoms with Crippen LogP contribution in [0.5, 0.6) is 0 Å². The van der Waals surface area contributed by atoms with Gasteiger partial charge in [-0.15, -0.1) is 0 Å². The maximum Gasteiger partial charge on any atom is 0.250 e. The van der Waals surface area contributed by atoms with Gasteiger partial charge in [0.25, 0.3) is 0 Å². The predicted octanol–water partition coefficient (Wildman–Crippen LogP) is 1.44. The van der Waals surface area contributed by atoms with Gasteiger partial charge in [0.15, 0.2) is 11.5 Å². The molecule has 0 bridgehead atoms. The van der Waals surface area contributed by atoms with Crippen molar-refractivity contribution in [1.29, 1.82) is 0 Å². The molecule has 0 fully saturated rings. The first-order valence-electron chi connectivity index (χ1n) is 5.76. The summed E-state index contributed by atoms with van der Waals surface area (Å²) in [5.41, 5.74) is 1.28. The molecule has 2 aromatic heterocycles. The molecule has 0 aliphatic carbocycles. The van der Waals surface area contributed by atoms with Crippen molar-refractivity contribution in [3.05, 3.63) is 24.2 Å². The number of anilines is 1. The first-order chi connectivity index (χ1) is 8.61. The molecule has 2 aromatic rings. The van der Waals surface area contributed by atoms with Crippen LogP contribution in [0.1, 0.15) is 25.6 Å². The predicted molar refractivity (Wildman–Crippen MR) is 67.6 cm³/mol. The van der Waals surface area contributed by atoms with E-state index in [-0.39, 0.29) is 18.4 Å². The third-order valence-corrected chi connectivity index (χ3v) is 2.44. The monoisotopic (exact) mass is 248 g/mol. The first-order valence-corrected chi connectivity index (χ1v) is 5.76. The van der Waals surface area contributed by atoms with E-state index in [2.05, 4.69) is 15.4 Å². The van der Waals surface area contributed by atoms with E-state index in [1.165, 1.54) is 7.11 Å². The molecule has 6 nitrogen and oxygen atoms in total. The number of hydrogen-bond acceptors (Lipinski definition) is 4. The third kappa shape index (κ3) is 2.48. The molecule has 2 rings (SSSR count). The van der Waals surface area contributed by atoms with Crippen molar-refractivity contribution < 1.29 is 9.53 Å². The van der Waals surface area contributed by atoms with E-state index >= 15 is 0 Å². The van der Waals surface area contributed by atoms with Gasteiger partial charge in [-0.3, -0.25) is 4.79 Å². The fourth-order valence-electron chi connectivity index (χ4n) is 1.58. The highest BCUT2D eigenvalue weighted by molar-refractivity contribution is 5.94. The van der Waals surface area contributed by atoms with E-state index in [9.17, 15) is 4.79 Å². The van der Waals surface area contributed by atoms with Gasteiger partial charge in [-0.25, -0.2) is 9.50 Å². The molecule has 0 radical (unpaired) electrons. The van der Waals surface area contributed by atoms with Crippen molar-refractivity contribution in [2.75, 3.05) is 19.0 Å².